The number of primary amides is 1. The van der Waals surface area contributed by atoms with Crippen LogP contribution in [0.15, 0.2) is 53.0 Å². The van der Waals surface area contributed by atoms with Crippen molar-refractivity contribution < 1.29 is 14.4 Å². The number of amides is 2. The number of hydrogen-bond acceptors (Lipinski definition) is 7. The summed E-state index contributed by atoms with van der Waals surface area (Å²) in [6.07, 6.45) is 5.71. The van der Waals surface area contributed by atoms with Gasteiger partial charge < -0.3 is 20.9 Å². The van der Waals surface area contributed by atoms with E-state index in [2.05, 4.69) is 35.0 Å². The molecule has 2 amide bonds. The summed E-state index contributed by atoms with van der Waals surface area (Å²) >= 11 is 1.62. The van der Waals surface area contributed by atoms with Crippen LogP contribution in [-0.4, -0.2) is 65.7 Å². The van der Waals surface area contributed by atoms with Gasteiger partial charge >= 0.3 is 0 Å². The van der Waals surface area contributed by atoms with E-state index < -0.39 is 5.54 Å². The highest BCUT2D eigenvalue weighted by atomic mass is 32.1. The number of thiophene rings is 1. The fourth-order valence-corrected chi connectivity index (χ4v) is 8.23. The predicted molar refractivity (Wildman–Crippen MR) is 163 cm³/mol. The van der Waals surface area contributed by atoms with E-state index in [1.807, 2.05) is 40.6 Å². The van der Waals surface area contributed by atoms with E-state index in [1.54, 1.807) is 11.3 Å². The molecule has 0 radical (unpaired) electrons. The minimum atomic E-state index is -0.670. The molecule has 6 rings (SSSR count). The highest BCUT2D eigenvalue weighted by Gasteiger charge is 2.47. The van der Waals surface area contributed by atoms with Crippen molar-refractivity contribution >= 4 is 40.3 Å². The van der Waals surface area contributed by atoms with E-state index in [9.17, 15) is 14.4 Å². The van der Waals surface area contributed by atoms with Crippen molar-refractivity contribution in [2.24, 2.45) is 11.1 Å². The zero-order valence-electron chi connectivity index (χ0n) is 24.2. The highest BCUT2D eigenvalue weighted by molar-refractivity contribution is 7.10. The zero-order valence-corrected chi connectivity index (χ0v) is 25.0. The highest BCUT2D eigenvalue weighted by Crippen LogP contribution is 2.49. The van der Waals surface area contributed by atoms with Crippen LogP contribution in [0.3, 0.4) is 0 Å². The van der Waals surface area contributed by atoms with E-state index >= 15 is 0 Å². The van der Waals surface area contributed by atoms with Crippen molar-refractivity contribution in [2.45, 2.75) is 70.4 Å². The molecule has 1 atom stereocenters. The second-order valence-electron chi connectivity index (χ2n) is 12.8. The molecule has 2 fully saturated rings. The van der Waals surface area contributed by atoms with Crippen LogP contribution in [0.5, 0.6) is 0 Å². The molecular formula is C32H41N5O3S. The van der Waals surface area contributed by atoms with Gasteiger partial charge in [-0.2, -0.15) is 0 Å². The summed E-state index contributed by atoms with van der Waals surface area (Å²) in [6, 6.07) is 11.8. The number of rotatable bonds is 5. The molecule has 4 heterocycles. The molecule has 8 nitrogen and oxygen atoms in total. The summed E-state index contributed by atoms with van der Waals surface area (Å²) in [6.45, 7) is 7.19. The smallest absolute Gasteiger partial charge is 0.242 e. The summed E-state index contributed by atoms with van der Waals surface area (Å²) < 4.78 is 0. The molecule has 9 heteroatoms. The molecule has 218 valence electrons. The summed E-state index contributed by atoms with van der Waals surface area (Å²) in [5.74, 6) is -0.126. The number of nitrogens with one attached hydrogen (secondary N) is 1. The molecule has 3 aliphatic heterocycles. The monoisotopic (exact) mass is 575 g/mol. The SMILES string of the molecule is CC1(C)CC(=O)C2=C(C1)Nc1ccccc1N(CC(=O)N1CCC(C(N)=O)(N3CCCCC3)CC1)C2c1cccs1. The van der Waals surface area contributed by atoms with Crippen molar-refractivity contribution in [3.05, 3.63) is 57.9 Å². The lowest BCUT2D eigenvalue weighted by Gasteiger charge is -2.48. The Bertz CT molecular complexity index is 1350. The number of carbonyl (C=O) groups is 3. The third-order valence-corrected chi connectivity index (χ3v) is 10.4. The fourth-order valence-electron chi connectivity index (χ4n) is 7.38. The van der Waals surface area contributed by atoms with Gasteiger partial charge in [0.05, 0.1) is 24.0 Å². The fraction of sp³-hybridized carbons (Fsp3) is 0.531. The van der Waals surface area contributed by atoms with E-state index in [1.165, 1.54) is 6.42 Å². The number of fused-ring (bicyclic) bond motifs is 1. The van der Waals surface area contributed by atoms with Gasteiger partial charge in [0, 0.05) is 35.7 Å². The van der Waals surface area contributed by atoms with E-state index in [0.717, 1.165) is 59.9 Å². The van der Waals surface area contributed by atoms with Crippen molar-refractivity contribution in [1.29, 1.82) is 0 Å². The third-order valence-electron chi connectivity index (χ3n) is 9.49. The van der Waals surface area contributed by atoms with Crippen LogP contribution < -0.4 is 16.0 Å². The van der Waals surface area contributed by atoms with Crippen molar-refractivity contribution in [3.8, 4) is 0 Å². The lowest BCUT2D eigenvalue weighted by atomic mass is 9.74. The molecule has 2 saturated heterocycles. The van der Waals surface area contributed by atoms with Gasteiger partial charge in [-0.05, 0) is 74.2 Å². The largest absolute Gasteiger partial charge is 0.368 e. The Morgan fingerprint density at radius 2 is 1.73 bits per heavy atom. The Hall–Kier alpha value is -3.17. The predicted octanol–water partition coefficient (Wildman–Crippen LogP) is 4.70. The summed E-state index contributed by atoms with van der Waals surface area (Å²) in [7, 11) is 0. The number of Topliss-reactive ketones (excluding diaryl/α,β-unsaturated/α-hetero) is 1. The number of nitrogens with zero attached hydrogens (tertiary/aromatic N) is 3. The maximum atomic E-state index is 14.0. The van der Waals surface area contributed by atoms with Crippen molar-refractivity contribution in [3.63, 3.8) is 0 Å². The molecule has 0 spiro atoms. The minimum Gasteiger partial charge on any atom is -0.368 e. The number of para-hydroxylation sites is 2. The zero-order chi connectivity index (χ0) is 28.8. The first-order chi connectivity index (χ1) is 19.7. The first kappa shape index (κ1) is 28.0. The Kier molecular flexibility index (Phi) is 7.44. The van der Waals surface area contributed by atoms with Gasteiger partial charge in [-0.25, -0.2) is 0 Å². The molecule has 1 aromatic heterocycles. The van der Waals surface area contributed by atoms with Gasteiger partial charge in [0.15, 0.2) is 5.78 Å². The van der Waals surface area contributed by atoms with E-state index in [4.69, 9.17) is 5.73 Å². The number of ketones is 1. The number of likely N-dealkylation sites (tertiary alicyclic amines) is 2. The lowest BCUT2D eigenvalue weighted by molar-refractivity contribution is -0.141. The van der Waals surface area contributed by atoms with Crippen LogP contribution >= 0.6 is 11.3 Å². The van der Waals surface area contributed by atoms with Crippen LogP contribution in [0, 0.1) is 5.41 Å². The Labute approximate surface area is 246 Å². The number of anilines is 2. The molecule has 0 saturated carbocycles. The van der Waals surface area contributed by atoms with Gasteiger partial charge in [-0.1, -0.05) is 38.5 Å². The van der Waals surface area contributed by atoms with E-state index in [0.29, 0.717) is 32.4 Å². The third kappa shape index (κ3) is 5.18. The van der Waals surface area contributed by atoms with Crippen molar-refractivity contribution in [2.75, 3.05) is 42.9 Å². The summed E-state index contributed by atoms with van der Waals surface area (Å²) in [5, 5.41) is 5.66. The van der Waals surface area contributed by atoms with Crippen LogP contribution in [0.4, 0.5) is 11.4 Å². The number of piperidine rings is 2. The molecule has 3 N–H and O–H groups in total. The average molecular weight is 576 g/mol. The Balaban J connectivity index is 1.31. The molecular weight excluding hydrogens is 534 g/mol. The summed E-state index contributed by atoms with van der Waals surface area (Å²) in [5.41, 5.74) is 8.75. The second-order valence-corrected chi connectivity index (χ2v) is 13.8. The van der Waals surface area contributed by atoms with Crippen molar-refractivity contribution in [1.82, 2.24) is 9.80 Å². The number of nitrogens with two attached hydrogens (primary N) is 1. The van der Waals surface area contributed by atoms with E-state index in [-0.39, 0.29) is 35.6 Å². The minimum absolute atomic E-state index is 0.00529. The van der Waals surface area contributed by atoms with Gasteiger partial charge in [0.1, 0.15) is 5.54 Å². The van der Waals surface area contributed by atoms with Crippen LogP contribution in [0.25, 0.3) is 0 Å². The Morgan fingerprint density at radius 3 is 2.41 bits per heavy atom. The number of carbonyl (C=O) groups excluding carboxylic acids is 3. The van der Waals surface area contributed by atoms with Gasteiger partial charge in [0.2, 0.25) is 11.8 Å². The van der Waals surface area contributed by atoms with Crippen LogP contribution in [0.2, 0.25) is 0 Å². The first-order valence-corrected chi connectivity index (χ1v) is 15.8. The standard InChI is InChI=1S/C32H41N5O3S/c1-31(2)19-23-28(25(38)20-31)29(26-11-8-18-41-26)37(24-10-5-4-9-22(24)34-23)21-27(39)35-16-12-32(13-17-35,30(33)40)36-14-6-3-7-15-36/h4-5,8-11,18,29,34H,3,6-7,12-17,19-21H2,1-2H3,(H2,33,40). The lowest BCUT2D eigenvalue weighted by Crippen LogP contribution is -2.64. The maximum Gasteiger partial charge on any atom is 0.242 e. The second kappa shape index (κ2) is 10.9. The quantitative estimate of drug-likeness (QED) is 0.537. The van der Waals surface area contributed by atoms with Gasteiger partial charge in [0.25, 0.3) is 0 Å². The van der Waals surface area contributed by atoms with Crippen LogP contribution in [-0.2, 0) is 14.4 Å². The molecule has 41 heavy (non-hydrogen) atoms. The molecule has 1 unspecified atom stereocenters. The molecule has 4 aliphatic rings. The average Bonchev–Trinajstić information content (AvgIpc) is 3.44. The molecule has 0 bridgehead atoms. The van der Waals surface area contributed by atoms with Gasteiger partial charge in [-0.3, -0.25) is 19.3 Å². The number of benzene rings is 1. The Morgan fingerprint density at radius 1 is 1.00 bits per heavy atom. The molecule has 1 aromatic carbocycles. The molecule has 2 aromatic rings. The first-order valence-electron chi connectivity index (χ1n) is 14.9. The molecule has 1 aliphatic carbocycles. The van der Waals surface area contributed by atoms with Crippen LogP contribution in [0.1, 0.15) is 69.7 Å². The summed E-state index contributed by atoms with van der Waals surface area (Å²) in [4.78, 5) is 47.9. The normalized spacial score (nSPS) is 24.2. The topological polar surface area (TPSA) is 99.0 Å². The van der Waals surface area contributed by atoms with Gasteiger partial charge in [-0.15, -0.1) is 11.3 Å². The maximum absolute atomic E-state index is 14.0. The number of allylic oxidation sites excluding steroid dienone is 1. The number of hydrogen-bond donors (Lipinski definition) is 2.